The first-order valence-electron chi connectivity index (χ1n) is 15.5. The largest absolute Gasteiger partial charge is 0.489 e. The van der Waals surface area contributed by atoms with E-state index in [1.54, 1.807) is 0 Å². The van der Waals surface area contributed by atoms with Crippen LogP contribution in [0.3, 0.4) is 0 Å². The number of rotatable bonds is 2. The van der Waals surface area contributed by atoms with Gasteiger partial charge in [-0.25, -0.2) is 0 Å². The van der Waals surface area contributed by atoms with Gasteiger partial charge in [0.15, 0.2) is 23.0 Å². The van der Waals surface area contributed by atoms with E-state index in [0.29, 0.717) is 26.4 Å². The highest BCUT2D eigenvalue weighted by atomic mass is 16.5. The van der Waals surface area contributed by atoms with Gasteiger partial charge in [0.2, 0.25) is 0 Å². The second-order valence-electron chi connectivity index (χ2n) is 11.7. The molecule has 5 aromatic carbocycles. The van der Waals surface area contributed by atoms with Crippen LogP contribution in [0.1, 0.15) is 18.4 Å². The molecule has 0 aliphatic carbocycles. The fraction of sp³-hybridized carbons (Fsp3) is 0.189. The maximum Gasteiger partial charge on any atom is 0.252 e. The average Bonchev–Trinajstić information content (AvgIpc) is 3.46. The Morgan fingerprint density at radius 3 is 1.48 bits per heavy atom. The highest BCUT2D eigenvalue weighted by Gasteiger charge is 2.44. The Kier molecular flexibility index (Phi) is 5.80. The molecule has 4 heterocycles. The maximum atomic E-state index is 6.40. The van der Waals surface area contributed by atoms with Crippen LogP contribution >= 0.6 is 0 Å². The number of ether oxygens (including phenoxy) is 4. The molecule has 0 radical (unpaired) electrons. The van der Waals surface area contributed by atoms with Crippen LogP contribution in [0.4, 0.5) is 34.1 Å². The summed E-state index contributed by atoms with van der Waals surface area (Å²) in [6.45, 7) is 4.77. The fourth-order valence-corrected chi connectivity index (χ4v) is 7.26. The number of benzene rings is 5. The first-order valence-corrected chi connectivity index (χ1v) is 15.5. The number of hydrogen-bond donors (Lipinski definition) is 0. The van der Waals surface area contributed by atoms with Gasteiger partial charge in [-0.15, -0.1) is 0 Å². The zero-order valence-corrected chi connectivity index (χ0v) is 24.6. The molecule has 0 fully saturated rings. The van der Waals surface area contributed by atoms with E-state index < -0.39 is 0 Å². The molecule has 216 valence electrons. The summed E-state index contributed by atoms with van der Waals surface area (Å²) in [7, 11) is 0. The number of para-hydroxylation sites is 4. The second kappa shape index (κ2) is 10.0. The second-order valence-corrected chi connectivity index (χ2v) is 11.7. The van der Waals surface area contributed by atoms with Crippen molar-refractivity contribution < 1.29 is 18.9 Å². The van der Waals surface area contributed by atoms with Gasteiger partial charge in [-0.05, 0) is 77.4 Å². The Morgan fingerprint density at radius 1 is 0.500 bits per heavy atom. The van der Waals surface area contributed by atoms with Crippen LogP contribution in [-0.4, -0.2) is 33.1 Å². The molecule has 4 aliphatic heterocycles. The molecule has 6 nitrogen and oxygen atoms in total. The van der Waals surface area contributed by atoms with Crippen molar-refractivity contribution in [3.63, 3.8) is 0 Å². The quantitative estimate of drug-likeness (QED) is 0.221. The summed E-state index contributed by atoms with van der Waals surface area (Å²) in [4.78, 5) is 4.75. The van der Waals surface area contributed by atoms with Crippen molar-refractivity contribution in [2.24, 2.45) is 0 Å². The summed E-state index contributed by atoms with van der Waals surface area (Å²) < 4.78 is 25.1. The first-order chi connectivity index (χ1) is 21.8. The van der Waals surface area contributed by atoms with Crippen molar-refractivity contribution in [2.45, 2.75) is 19.8 Å². The molecule has 9 rings (SSSR count). The lowest BCUT2D eigenvalue weighted by Gasteiger charge is -2.44. The molecule has 0 amide bonds. The van der Waals surface area contributed by atoms with Crippen molar-refractivity contribution >= 4 is 57.2 Å². The lowest BCUT2D eigenvalue weighted by molar-refractivity contribution is 0.297. The lowest BCUT2D eigenvalue weighted by atomic mass is 9.33. The normalized spacial score (nSPS) is 15.9. The summed E-state index contributed by atoms with van der Waals surface area (Å²) in [5.74, 6) is 3.16. The van der Waals surface area contributed by atoms with Gasteiger partial charge in [0.1, 0.15) is 0 Å². The Hall–Kier alpha value is -5.04. The van der Waals surface area contributed by atoms with E-state index in [4.69, 9.17) is 18.9 Å². The van der Waals surface area contributed by atoms with Crippen molar-refractivity contribution in [1.29, 1.82) is 0 Å². The Bertz CT molecular complexity index is 1810. The number of anilines is 6. The third-order valence-electron chi connectivity index (χ3n) is 9.01. The monoisotopic (exact) mass is 578 g/mol. The van der Waals surface area contributed by atoms with Gasteiger partial charge in [0.05, 0.1) is 37.8 Å². The van der Waals surface area contributed by atoms with Gasteiger partial charge >= 0.3 is 0 Å². The van der Waals surface area contributed by atoms with E-state index in [9.17, 15) is 0 Å². The van der Waals surface area contributed by atoms with Crippen LogP contribution in [0.25, 0.3) is 0 Å². The summed E-state index contributed by atoms with van der Waals surface area (Å²) >= 11 is 0. The molecule has 0 spiro atoms. The molecule has 44 heavy (non-hydrogen) atoms. The van der Waals surface area contributed by atoms with Crippen LogP contribution in [-0.2, 0) is 0 Å². The minimum atomic E-state index is 0.0551. The lowest BCUT2D eigenvalue weighted by Crippen LogP contribution is -2.61. The number of nitrogens with zero attached hydrogens (tertiary/aromatic N) is 2. The molecule has 0 bridgehead atoms. The van der Waals surface area contributed by atoms with Crippen LogP contribution < -0.4 is 45.1 Å². The molecule has 0 N–H and O–H groups in total. The van der Waals surface area contributed by atoms with Crippen LogP contribution in [0.15, 0.2) is 97.1 Å². The molecular formula is C37H31BN2O4. The fourth-order valence-electron chi connectivity index (χ4n) is 7.26. The standard InChI is InChI=1S/C37H31BN2O4/c1-24-22-31-35-32(23-24)40(30-15-7-17-34-37(30)44-21-9-19-42-34)28-13-5-3-11-26(28)38(35)25-10-2-4-12-27(25)39(31)29-14-6-16-33-36(29)43-20-8-18-41-33/h2-7,10-17,22-23H,8-9,18-21H2,1H3. The SMILES string of the molecule is Cc1cc2c3c(c1)N(c1cccc4c1OCCCO4)c1ccccc1B3c1ccccc1N2c1cccc2c1OCCCO2. The van der Waals surface area contributed by atoms with Gasteiger partial charge in [-0.3, -0.25) is 0 Å². The van der Waals surface area contributed by atoms with E-state index in [-0.39, 0.29) is 6.71 Å². The van der Waals surface area contributed by atoms with Crippen LogP contribution in [0, 0.1) is 6.92 Å². The third-order valence-corrected chi connectivity index (χ3v) is 9.01. The molecule has 0 atom stereocenters. The topological polar surface area (TPSA) is 43.4 Å². The van der Waals surface area contributed by atoms with Gasteiger partial charge < -0.3 is 28.7 Å². The Labute approximate surface area is 257 Å². The smallest absolute Gasteiger partial charge is 0.252 e. The Morgan fingerprint density at radius 2 is 0.955 bits per heavy atom. The van der Waals surface area contributed by atoms with Crippen molar-refractivity contribution in [3.05, 3.63) is 103 Å². The van der Waals surface area contributed by atoms with Gasteiger partial charge in [0.25, 0.3) is 6.71 Å². The third kappa shape index (κ3) is 3.75. The van der Waals surface area contributed by atoms with E-state index in [1.165, 1.54) is 22.0 Å². The van der Waals surface area contributed by atoms with E-state index in [2.05, 4.69) is 102 Å². The molecule has 0 unspecified atom stereocenters. The Balaban J connectivity index is 1.35. The molecule has 5 aromatic rings. The van der Waals surface area contributed by atoms with E-state index in [1.807, 2.05) is 12.1 Å². The van der Waals surface area contributed by atoms with Crippen molar-refractivity contribution in [1.82, 2.24) is 0 Å². The van der Waals surface area contributed by atoms with Gasteiger partial charge in [-0.2, -0.15) is 0 Å². The highest BCUT2D eigenvalue weighted by Crippen LogP contribution is 2.51. The molecule has 0 aromatic heterocycles. The summed E-state index contributed by atoms with van der Waals surface area (Å²) in [6, 6.07) is 34.7. The maximum absolute atomic E-state index is 6.40. The van der Waals surface area contributed by atoms with E-state index in [0.717, 1.165) is 70.0 Å². The molecular weight excluding hydrogens is 547 g/mol. The average molecular weight is 578 g/mol. The van der Waals surface area contributed by atoms with Gasteiger partial charge in [-0.1, -0.05) is 48.5 Å². The first kappa shape index (κ1) is 25.5. The predicted octanol–water partition coefficient (Wildman–Crippen LogP) is 6.40. The van der Waals surface area contributed by atoms with Crippen molar-refractivity contribution in [3.8, 4) is 23.0 Å². The number of fused-ring (bicyclic) bond motifs is 6. The zero-order valence-electron chi connectivity index (χ0n) is 24.6. The van der Waals surface area contributed by atoms with Crippen LogP contribution in [0.2, 0.25) is 0 Å². The highest BCUT2D eigenvalue weighted by molar-refractivity contribution is 7.00. The molecule has 7 heteroatoms. The van der Waals surface area contributed by atoms with E-state index >= 15 is 0 Å². The summed E-state index contributed by atoms with van der Waals surface area (Å²) in [6.07, 6.45) is 1.71. The molecule has 0 saturated heterocycles. The minimum absolute atomic E-state index is 0.0551. The van der Waals surface area contributed by atoms with Gasteiger partial charge in [0, 0.05) is 35.6 Å². The summed E-state index contributed by atoms with van der Waals surface area (Å²) in [5, 5.41) is 0. The number of aryl methyl sites for hydroxylation is 1. The van der Waals surface area contributed by atoms with Crippen LogP contribution in [0.5, 0.6) is 23.0 Å². The molecule has 0 saturated carbocycles. The predicted molar refractivity (Wildman–Crippen MR) is 176 cm³/mol. The van der Waals surface area contributed by atoms with Crippen molar-refractivity contribution in [2.75, 3.05) is 36.2 Å². The zero-order chi connectivity index (χ0) is 29.2. The minimum Gasteiger partial charge on any atom is -0.489 e. The summed E-state index contributed by atoms with van der Waals surface area (Å²) in [5.41, 5.74) is 11.5. The number of hydrogen-bond acceptors (Lipinski definition) is 6. The molecule has 4 aliphatic rings.